The fourth-order valence-electron chi connectivity index (χ4n) is 11.6. The fourth-order valence-corrected chi connectivity index (χ4v) is 13.0. The van der Waals surface area contributed by atoms with Gasteiger partial charge in [-0.25, -0.2) is 9.97 Å². The van der Waals surface area contributed by atoms with Crippen molar-refractivity contribution in [2.75, 3.05) is 52.7 Å². The monoisotopic (exact) mass is 967 g/mol. The summed E-state index contributed by atoms with van der Waals surface area (Å²) in [5.41, 5.74) is 5.02. The van der Waals surface area contributed by atoms with E-state index in [1.165, 1.54) is 22.8 Å². The van der Waals surface area contributed by atoms with Gasteiger partial charge in [0.2, 0.25) is 11.8 Å². The number of carbonyl (C=O) groups is 5. The molecule has 5 aliphatic heterocycles. The second kappa shape index (κ2) is 18.2. The van der Waals surface area contributed by atoms with Crippen molar-refractivity contribution in [1.82, 2.24) is 29.7 Å². The van der Waals surface area contributed by atoms with Gasteiger partial charge in [-0.2, -0.15) is 0 Å². The van der Waals surface area contributed by atoms with Crippen LogP contribution in [0.15, 0.2) is 65.8 Å². The van der Waals surface area contributed by atoms with Crippen molar-refractivity contribution in [3.05, 3.63) is 109 Å². The molecular formula is C52H56N10O7S. The number of aliphatic hydroxyl groups is 1. The summed E-state index contributed by atoms with van der Waals surface area (Å²) in [5, 5.41) is 16.2. The highest BCUT2D eigenvalue weighted by Gasteiger charge is 2.45. The smallest absolute Gasteiger partial charge is 0.274 e. The molecule has 11 rings (SSSR count). The van der Waals surface area contributed by atoms with Crippen LogP contribution >= 0.6 is 11.3 Å². The number of aryl methyl sites for hydroxylation is 2. The van der Waals surface area contributed by atoms with E-state index in [-0.39, 0.29) is 47.6 Å². The van der Waals surface area contributed by atoms with Gasteiger partial charge in [-0.15, -0.1) is 11.3 Å². The van der Waals surface area contributed by atoms with E-state index in [4.69, 9.17) is 4.11 Å². The molecule has 18 heteroatoms. The molecule has 3 fully saturated rings. The second-order valence-electron chi connectivity index (χ2n) is 19.3. The maximum atomic E-state index is 14.1. The number of rotatable bonds is 9. The standard InChI is InChI=1S/C52H56N10O7S/c1-29-22-32(15-18-59(29)33-8-10-38-39(24-33)50(67)62(49(38)66)42-11-13-45(64)56-48(42)65)58-20-21-60(30(2)26-58)34-9-12-44(54-25-34)55-41-23-31(27-57(3)51(41)68)35-14-17-53-47(40(35)28-63)61-19-16-37-36-6-4-5-7-43(36)70-46(37)52(61)69/h8-10,12,14,17,23-25,27,29-30,32,42,63H,4-7,11,13,15-16,18-22,26,28H2,1-3H3,(H,54,55)(H,56,64,65)/t29-,30-,32+,42?/m0/s1/i3D3. The number of pyridine rings is 3. The highest BCUT2D eigenvalue weighted by Crippen LogP contribution is 2.41. The molecule has 0 spiro atoms. The number of nitrogens with one attached hydrogen (secondary N) is 2. The number of thiophene rings is 1. The lowest BCUT2D eigenvalue weighted by Gasteiger charge is -2.48. The first-order chi connectivity index (χ1) is 35.1. The maximum absolute atomic E-state index is 14.1. The second-order valence-corrected chi connectivity index (χ2v) is 20.4. The Labute approximate surface area is 413 Å². The first kappa shape index (κ1) is 42.1. The van der Waals surface area contributed by atoms with Crippen LogP contribution in [0.2, 0.25) is 0 Å². The molecule has 4 atom stereocenters. The normalized spacial score (nSPS) is 23.6. The highest BCUT2D eigenvalue weighted by molar-refractivity contribution is 7.14. The number of benzene rings is 1. The molecule has 0 bridgehead atoms. The molecular weight excluding hydrogens is 909 g/mol. The number of aromatic nitrogens is 3. The van der Waals surface area contributed by atoms with Gasteiger partial charge in [-0.1, -0.05) is 0 Å². The van der Waals surface area contributed by atoms with E-state index in [1.54, 1.807) is 52.8 Å². The number of hydrogen-bond acceptors (Lipinski definition) is 14. The van der Waals surface area contributed by atoms with Crippen molar-refractivity contribution in [2.45, 2.75) is 102 Å². The summed E-state index contributed by atoms with van der Waals surface area (Å²) in [4.78, 5) is 100.0. The largest absolute Gasteiger partial charge is 0.392 e. The summed E-state index contributed by atoms with van der Waals surface area (Å²) in [6.45, 7) is 4.57. The van der Waals surface area contributed by atoms with E-state index < -0.39 is 48.8 Å². The Hall–Kier alpha value is -6.76. The summed E-state index contributed by atoms with van der Waals surface area (Å²) in [6, 6.07) is 11.8. The van der Waals surface area contributed by atoms with Crippen LogP contribution in [-0.2, 0) is 42.4 Å². The van der Waals surface area contributed by atoms with Crippen molar-refractivity contribution >= 4 is 69.6 Å². The third kappa shape index (κ3) is 7.95. The Kier molecular flexibility index (Phi) is 11.0. The van der Waals surface area contributed by atoms with Gasteiger partial charge in [0.15, 0.2) is 0 Å². The van der Waals surface area contributed by atoms with E-state index in [0.717, 1.165) is 91.4 Å². The van der Waals surface area contributed by atoms with E-state index in [9.17, 15) is 33.9 Å². The zero-order valence-corrected chi connectivity index (χ0v) is 39.9. The molecule has 3 N–H and O–H groups in total. The predicted molar refractivity (Wildman–Crippen MR) is 266 cm³/mol. The van der Waals surface area contributed by atoms with Crippen LogP contribution in [0.25, 0.3) is 11.1 Å². The van der Waals surface area contributed by atoms with E-state index in [1.807, 2.05) is 12.1 Å². The minimum atomic E-state index is -2.83. The molecule has 4 aromatic heterocycles. The highest BCUT2D eigenvalue weighted by atomic mass is 32.1. The van der Waals surface area contributed by atoms with Crippen molar-refractivity contribution < 1.29 is 33.2 Å². The predicted octanol–water partition coefficient (Wildman–Crippen LogP) is 5.19. The number of aliphatic hydroxyl groups excluding tert-OH is 1. The lowest BCUT2D eigenvalue weighted by Crippen LogP contribution is -2.58. The van der Waals surface area contributed by atoms with E-state index in [2.05, 4.69) is 49.1 Å². The quantitative estimate of drug-likeness (QED) is 0.164. The third-order valence-corrected chi connectivity index (χ3v) is 16.5. The van der Waals surface area contributed by atoms with Crippen molar-refractivity contribution in [1.29, 1.82) is 0 Å². The topological polar surface area (TPSA) is 194 Å². The fraction of sp³-hybridized carbons (Fsp3) is 0.423. The summed E-state index contributed by atoms with van der Waals surface area (Å²) < 4.78 is 25.5. The Morgan fingerprint density at radius 2 is 1.63 bits per heavy atom. The number of anilines is 5. The van der Waals surface area contributed by atoms with Gasteiger partial charge < -0.3 is 24.8 Å². The Balaban J connectivity index is 0.752. The number of amides is 5. The zero-order chi connectivity index (χ0) is 51.0. The molecule has 1 aliphatic carbocycles. The molecule has 70 heavy (non-hydrogen) atoms. The van der Waals surface area contributed by atoms with Crippen molar-refractivity contribution in [2.24, 2.45) is 6.98 Å². The van der Waals surface area contributed by atoms with Crippen molar-refractivity contribution in [3.8, 4) is 11.1 Å². The van der Waals surface area contributed by atoms with Gasteiger partial charge in [-0.3, -0.25) is 48.8 Å². The first-order valence-electron chi connectivity index (χ1n) is 25.8. The Morgan fingerprint density at radius 3 is 2.40 bits per heavy atom. The van der Waals surface area contributed by atoms with Gasteiger partial charge in [0.05, 0.1) is 34.5 Å². The first-order valence-corrected chi connectivity index (χ1v) is 25.1. The van der Waals surface area contributed by atoms with Crippen LogP contribution in [0.3, 0.4) is 0 Å². The van der Waals surface area contributed by atoms with Crippen LogP contribution in [0.4, 0.5) is 28.7 Å². The van der Waals surface area contributed by atoms with E-state index in [0.29, 0.717) is 51.9 Å². The molecule has 6 aliphatic rings. The van der Waals surface area contributed by atoms with E-state index >= 15 is 0 Å². The molecule has 17 nitrogen and oxygen atoms in total. The lowest BCUT2D eigenvalue weighted by atomic mass is 9.92. The average Bonchev–Trinajstić information content (AvgIpc) is 3.88. The van der Waals surface area contributed by atoms with Gasteiger partial charge >= 0.3 is 0 Å². The number of fused-ring (bicyclic) bond motifs is 4. The molecule has 362 valence electrons. The lowest BCUT2D eigenvalue weighted by molar-refractivity contribution is -0.136. The minimum absolute atomic E-state index is 0.0302. The summed E-state index contributed by atoms with van der Waals surface area (Å²) in [6.07, 6.45) is 11.3. The molecule has 1 aromatic carbocycles. The van der Waals surface area contributed by atoms with Crippen LogP contribution in [-0.4, -0.2) is 116 Å². The molecule has 9 heterocycles. The number of nitrogens with zero attached hydrogens (tertiary/aromatic N) is 8. The van der Waals surface area contributed by atoms with Gasteiger partial charge in [-0.05, 0) is 124 Å². The molecule has 0 radical (unpaired) electrons. The number of carbonyl (C=O) groups excluding carboxylic acids is 5. The molecule has 1 unspecified atom stereocenters. The number of piperazine rings is 1. The number of hydrogen-bond donors (Lipinski definition) is 3. The number of imide groups is 2. The van der Waals surface area contributed by atoms with Crippen LogP contribution in [0.5, 0.6) is 0 Å². The molecule has 3 saturated heterocycles. The molecule has 0 saturated carbocycles. The Bertz CT molecular complexity index is 3160. The SMILES string of the molecule is [2H]C([2H])([2H])n1cc(-c2ccnc(N3CCc4c(sc5c4CCCC5)C3=O)c2CO)cc(Nc2ccc(N3CCN([C@@H]4CCN(c5ccc6c(c5)C(=O)N(C5CCC(=O)NC5=O)C6=O)[C@@H](C)C4)C[C@@H]3C)cn2)c1=O. The van der Waals surface area contributed by atoms with Gasteiger partial charge in [0.25, 0.3) is 23.3 Å². The summed E-state index contributed by atoms with van der Waals surface area (Å²) in [5.74, 6) is -1.62. The molecule has 5 amide bonds. The van der Waals surface area contributed by atoms with Crippen LogP contribution < -0.4 is 30.9 Å². The van der Waals surface area contributed by atoms with Gasteiger partial charge in [0, 0.05) is 102 Å². The third-order valence-electron chi connectivity index (χ3n) is 15.2. The van der Waals surface area contributed by atoms with Crippen LogP contribution in [0.1, 0.15) is 108 Å². The zero-order valence-electron chi connectivity index (χ0n) is 42.1. The van der Waals surface area contributed by atoms with Crippen LogP contribution in [0, 0.1) is 0 Å². The Morgan fingerprint density at radius 1 is 0.814 bits per heavy atom. The van der Waals surface area contributed by atoms with Crippen molar-refractivity contribution in [3.63, 3.8) is 0 Å². The maximum Gasteiger partial charge on any atom is 0.274 e. The average molecular weight is 968 g/mol. The summed E-state index contributed by atoms with van der Waals surface area (Å²) in [7, 11) is 0. The summed E-state index contributed by atoms with van der Waals surface area (Å²) >= 11 is 1.56. The number of piperidine rings is 2. The minimum Gasteiger partial charge on any atom is -0.392 e. The molecule has 5 aromatic rings. The van der Waals surface area contributed by atoms with Gasteiger partial charge in [0.1, 0.15) is 23.4 Å².